The van der Waals surface area contributed by atoms with Crippen LogP contribution in [0.15, 0.2) is 24.3 Å². The quantitative estimate of drug-likeness (QED) is 0.916. The molecule has 0 bridgehead atoms. The smallest absolute Gasteiger partial charge is 0.127 e. The van der Waals surface area contributed by atoms with Gasteiger partial charge in [0.05, 0.1) is 16.4 Å². The summed E-state index contributed by atoms with van der Waals surface area (Å²) in [5.74, 6) is -0.200. The van der Waals surface area contributed by atoms with E-state index in [9.17, 15) is 4.39 Å². The third kappa shape index (κ3) is 3.02. The molecule has 2 aromatic rings. The van der Waals surface area contributed by atoms with Crippen molar-refractivity contribution in [1.29, 1.82) is 0 Å². The Morgan fingerprint density at radius 3 is 2.65 bits per heavy atom. The van der Waals surface area contributed by atoms with Gasteiger partial charge in [-0.15, -0.1) is 0 Å². The second kappa shape index (κ2) is 6.37. The van der Waals surface area contributed by atoms with Gasteiger partial charge >= 0.3 is 0 Å². The number of halogens is 2. The number of hydrogen-bond donors (Lipinski definition) is 1. The van der Waals surface area contributed by atoms with Gasteiger partial charge in [-0.05, 0) is 19.5 Å². The van der Waals surface area contributed by atoms with Crippen LogP contribution in [0, 0.1) is 12.7 Å². The third-order valence-corrected chi connectivity index (χ3v) is 3.88. The van der Waals surface area contributed by atoms with Gasteiger partial charge in [-0.3, -0.25) is 4.68 Å². The number of aryl methyl sites for hydroxylation is 2. The van der Waals surface area contributed by atoms with E-state index in [1.54, 1.807) is 16.8 Å². The van der Waals surface area contributed by atoms with Crippen molar-refractivity contribution >= 4 is 11.6 Å². The lowest BCUT2D eigenvalue weighted by atomic mass is 10.0. The van der Waals surface area contributed by atoms with Crippen LogP contribution in [-0.4, -0.2) is 16.3 Å². The van der Waals surface area contributed by atoms with E-state index in [4.69, 9.17) is 11.6 Å². The number of benzene rings is 1. The first-order chi connectivity index (χ1) is 9.54. The summed E-state index contributed by atoms with van der Waals surface area (Å²) in [6, 6.07) is 6.71. The van der Waals surface area contributed by atoms with Crippen LogP contribution in [0.2, 0.25) is 5.02 Å². The summed E-state index contributed by atoms with van der Waals surface area (Å²) in [7, 11) is 1.86. The van der Waals surface area contributed by atoms with Crippen LogP contribution >= 0.6 is 11.6 Å². The number of likely N-dealkylation sites (N-methyl/N-ethyl adjacent to an activating group) is 1. The van der Waals surface area contributed by atoms with Crippen molar-refractivity contribution < 1.29 is 4.39 Å². The Morgan fingerprint density at radius 2 is 2.10 bits per heavy atom. The highest BCUT2D eigenvalue weighted by molar-refractivity contribution is 6.31. The van der Waals surface area contributed by atoms with Crippen LogP contribution in [0.3, 0.4) is 0 Å². The molecule has 1 unspecified atom stereocenters. The summed E-state index contributed by atoms with van der Waals surface area (Å²) < 4.78 is 15.7. The molecule has 108 valence electrons. The molecule has 2 rings (SSSR count). The van der Waals surface area contributed by atoms with Gasteiger partial charge in [-0.1, -0.05) is 36.7 Å². The van der Waals surface area contributed by atoms with E-state index in [2.05, 4.69) is 10.4 Å². The van der Waals surface area contributed by atoms with Crippen molar-refractivity contribution in [3.63, 3.8) is 0 Å². The van der Waals surface area contributed by atoms with E-state index in [1.807, 2.05) is 27.0 Å². The molecule has 0 radical (unpaired) electrons. The molecule has 1 heterocycles. The maximum atomic E-state index is 14.0. The zero-order valence-electron chi connectivity index (χ0n) is 12.0. The highest BCUT2D eigenvalue weighted by atomic mass is 35.5. The minimum Gasteiger partial charge on any atom is -0.310 e. The van der Waals surface area contributed by atoms with Crippen LogP contribution in [0.1, 0.15) is 29.9 Å². The van der Waals surface area contributed by atoms with Gasteiger partial charge in [0.25, 0.3) is 0 Å². The number of nitrogens with one attached hydrogen (secondary N) is 1. The first-order valence-electron chi connectivity index (χ1n) is 6.70. The molecule has 0 fully saturated rings. The van der Waals surface area contributed by atoms with Gasteiger partial charge in [0.1, 0.15) is 5.82 Å². The molecular formula is C15H19ClFN3. The largest absolute Gasteiger partial charge is 0.310 e. The molecule has 0 saturated carbocycles. The molecule has 1 aromatic heterocycles. The lowest BCUT2D eigenvalue weighted by Gasteiger charge is -2.19. The summed E-state index contributed by atoms with van der Waals surface area (Å²) >= 11 is 6.28. The predicted molar refractivity (Wildman–Crippen MR) is 79.5 cm³/mol. The van der Waals surface area contributed by atoms with Crippen LogP contribution < -0.4 is 5.32 Å². The van der Waals surface area contributed by atoms with Crippen LogP contribution in [0.5, 0.6) is 0 Å². The summed E-state index contributed by atoms with van der Waals surface area (Å²) in [5.41, 5.74) is 2.37. The zero-order valence-corrected chi connectivity index (χ0v) is 12.7. The second-order valence-corrected chi connectivity index (χ2v) is 5.18. The van der Waals surface area contributed by atoms with E-state index in [-0.39, 0.29) is 11.9 Å². The highest BCUT2D eigenvalue weighted by Gasteiger charge is 2.20. The topological polar surface area (TPSA) is 29.9 Å². The van der Waals surface area contributed by atoms with Gasteiger partial charge in [0.15, 0.2) is 0 Å². The number of hydrogen-bond acceptors (Lipinski definition) is 2. The van der Waals surface area contributed by atoms with Crippen molar-refractivity contribution in [3.8, 4) is 0 Å². The second-order valence-electron chi connectivity index (χ2n) is 4.81. The molecule has 5 heteroatoms. The molecular weight excluding hydrogens is 277 g/mol. The monoisotopic (exact) mass is 295 g/mol. The number of rotatable bonds is 5. The first kappa shape index (κ1) is 15.0. The van der Waals surface area contributed by atoms with Crippen molar-refractivity contribution in [2.45, 2.75) is 26.3 Å². The van der Waals surface area contributed by atoms with Crippen molar-refractivity contribution in [1.82, 2.24) is 15.1 Å². The number of nitrogens with zero attached hydrogens (tertiary/aromatic N) is 2. The summed E-state index contributed by atoms with van der Waals surface area (Å²) in [4.78, 5) is 0. The normalized spacial score (nSPS) is 12.7. The Kier molecular flexibility index (Phi) is 4.78. The predicted octanol–water partition coefficient (Wildman–Crippen LogP) is 3.41. The minimum absolute atomic E-state index is 0.117. The van der Waals surface area contributed by atoms with Crippen molar-refractivity contribution in [3.05, 3.63) is 52.1 Å². The fraction of sp³-hybridized carbons (Fsp3) is 0.400. The molecule has 0 aliphatic rings. The highest BCUT2D eigenvalue weighted by Crippen LogP contribution is 2.26. The average Bonchev–Trinajstić information content (AvgIpc) is 2.65. The fourth-order valence-electron chi connectivity index (χ4n) is 2.39. The lowest BCUT2D eigenvalue weighted by Crippen LogP contribution is -2.25. The zero-order chi connectivity index (χ0) is 14.7. The van der Waals surface area contributed by atoms with Crippen molar-refractivity contribution in [2.24, 2.45) is 7.05 Å². The van der Waals surface area contributed by atoms with Crippen LogP contribution in [0.4, 0.5) is 4.39 Å². The fourth-order valence-corrected chi connectivity index (χ4v) is 2.63. The summed E-state index contributed by atoms with van der Waals surface area (Å²) in [6.07, 6.45) is 0.602. The van der Waals surface area contributed by atoms with E-state index in [0.717, 1.165) is 17.9 Å². The molecule has 0 saturated heterocycles. The molecule has 0 amide bonds. The Morgan fingerprint density at radius 1 is 1.40 bits per heavy atom. The Labute approximate surface area is 123 Å². The third-order valence-electron chi connectivity index (χ3n) is 3.39. The van der Waals surface area contributed by atoms with Gasteiger partial charge in [-0.2, -0.15) is 5.10 Å². The number of aromatic nitrogens is 2. The van der Waals surface area contributed by atoms with Crippen LogP contribution in [-0.2, 0) is 13.5 Å². The maximum absolute atomic E-state index is 14.0. The first-order valence-corrected chi connectivity index (χ1v) is 7.08. The van der Waals surface area contributed by atoms with Gasteiger partial charge in [0, 0.05) is 25.1 Å². The standard InChI is InChI=1S/C15H19ClFN3/c1-4-18-13(11-7-5-6-8-12(11)17)9-14-15(16)10(2)19-20(14)3/h5-8,13,18H,4,9H2,1-3H3. The SMILES string of the molecule is CCNC(Cc1c(Cl)c(C)nn1C)c1ccccc1F. The van der Waals surface area contributed by atoms with E-state index in [0.29, 0.717) is 17.0 Å². The summed E-state index contributed by atoms with van der Waals surface area (Å²) in [5, 5.41) is 8.27. The molecule has 1 aromatic carbocycles. The Bertz CT molecular complexity index is 595. The van der Waals surface area contributed by atoms with Crippen molar-refractivity contribution in [2.75, 3.05) is 6.54 Å². The molecule has 1 atom stereocenters. The Hall–Kier alpha value is -1.39. The lowest BCUT2D eigenvalue weighted by molar-refractivity contribution is 0.497. The molecule has 3 nitrogen and oxygen atoms in total. The average molecular weight is 296 g/mol. The molecule has 1 N–H and O–H groups in total. The Balaban J connectivity index is 2.33. The molecule has 0 spiro atoms. The van der Waals surface area contributed by atoms with Gasteiger partial charge in [0.2, 0.25) is 0 Å². The van der Waals surface area contributed by atoms with E-state index < -0.39 is 0 Å². The summed E-state index contributed by atoms with van der Waals surface area (Å²) in [6.45, 7) is 4.63. The van der Waals surface area contributed by atoms with E-state index in [1.165, 1.54) is 6.07 Å². The van der Waals surface area contributed by atoms with Gasteiger partial charge < -0.3 is 5.32 Å². The molecule has 20 heavy (non-hydrogen) atoms. The van der Waals surface area contributed by atoms with Crippen LogP contribution in [0.25, 0.3) is 0 Å². The minimum atomic E-state index is -0.200. The maximum Gasteiger partial charge on any atom is 0.127 e. The molecule has 0 aliphatic heterocycles. The van der Waals surface area contributed by atoms with Gasteiger partial charge in [-0.25, -0.2) is 4.39 Å². The van der Waals surface area contributed by atoms with E-state index >= 15 is 0 Å². The molecule has 0 aliphatic carbocycles.